The molecule has 1 unspecified atom stereocenters. The fraction of sp³-hybridized carbons (Fsp3) is 0.421. The molecular formula is C19H23N3O2. The number of likely N-dealkylation sites (tertiary alicyclic amines) is 1. The number of rotatable bonds is 3. The van der Waals surface area contributed by atoms with Gasteiger partial charge in [0.2, 0.25) is 5.91 Å². The lowest BCUT2D eigenvalue weighted by molar-refractivity contribution is -0.135. The third-order valence-electron chi connectivity index (χ3n) is 4.85. The second-order valence-corrected chi connectivity index (χ2v) is 7.20. The summed E-state index contributed by atoms with van der Waals surface area (Å²) < 4.78 is 0. The molecule has 1 aliphatic carbocycles. The van der Waals surface area contributed by atoms with Gasteiger partial charge in [-0.2, -0.15) is 0 Å². The lowest BCUT2D eigenvalue weighted by Crippen LogP contribution is -2.35. The van der Waals surface area contributed by atoms with E-state index in [4.69, 9.17) is 0 Å². The van der Waals surface area contributed by atoms with Crippen molar-refractivity contribution in [2.75, 3.05) is 0 Å². The van der Waals surface area contributed by atoms with Gasteiger partial charge in [0.05, 0.1) is 11.0 Å². The molecule has 1 fully saturated rings. The molecule has 2 amide bonds. The van der Waals surface area contributed by atoms with Gasteiger partial charge in [-0.15, -0.1) is 0 Å². The number of hydrogen-bond acceptors (Lipinski definition) is 3. The summed E-state index contributed by atoms with van der Waals surface area (Å²) in [5.41, 5.74) is 1.85. The monoisotopic (exact) mass is 325 g/mol. The van der Waals surface area contributed by atoms with Gasteiger partial charge in [-0.1, -0.05) is 19.9 Å². The fourth-order valence-corrected chi connectivity index (χ4v) is 3.48. The molecule has 24 heavy (non-hydrogen) atoms. The first-order chi connectivity index (χ1) is 11.3. The maximum Gasteiger partial charge on any atom is 0.257 e. The third-order valence-corrected chi connectivity index (χ3v) is 4.85. The van der Waals surface area contributed by atoms with Crippen molar-refractivity contribution >= 4 is 11.8 Å². The minimum atomic E-state index is -0.411. The van der Waals surface area contributed by atoms with Gasteiger partial charge < -0.3 is 10.2 Å². The molecule has 2 heterocycles. The van der Waals surface area contributed by atoms with Crippen molar-refractivity contribution in [2.45, 2.75) is 40.2 Å². The van der Waals surface area contributed by atoms with Crippen molar-refractivity contribution in [3.8, 4) is 0 Å². The normalized spacial score (nSPS) is 22.1. The van der Waals surface area contributed by atoms with E-state index in [0.29, 0.717) is 5.56 Å². The van der Waals surface area contributed by atoms with Crippen LogP contribution in [0.1, 0.15) is 44.5 Å². The first kappa shape index (κ1) is 16.4. The van der Waals surface area contributed by atoms with E-state index in [9.17, 15) is 9.59 Å². The summed E-state index contributed by atoms with van der Waals surface area (Å²) >= 11 is 0. The number of carbonyl (C=O) groups is 2. The quantitative estimate of drug-likeness (QED) is 0.929. The van der Waals surface area contributed by atoms with Crippen LogP contribution in [0.2, 0.25) is 0 Å². The third kappa shape index (κ3) is 2.64. The highest BCUT2D eigenvalue weighted by atomic mass is 16.2. The number of nitrogens with zero attached hydrogens (tertiary/aromatic N) is 2. The van der Waals surface area contributed by atoms with Crippen molar-refractivity contribution < 1.29 is 9.59 Å². The van der Waals surface area contributed by atoms with Gasteiger partial charge in [-0.25, -0.2) is 0 Å². The largest absolute Gasteiger partial charge is 0.322 e. The van der Waals surface area contributed by atoms with Gasteiger partial charge in [0.1, 0.15) is 0 Å². The maximum atomic E-state index is 12.8. The highest BCUT2D eigenvalue weighted by molar-refractivity contribution is 5.95. The Bertz CT molecular complexity index is 732. The Labute approximate surface area is 142 Å². The van der Waals surface area contributed by atoms with Gasteiger partial charge in [0, 0.05) is 35.7 Å². The van der Waals surface area contributed by atoms with Crippen molar-refractivity contribution in [1.29, 1.82) is 0 Å². The standard InChI is InChI=1S/C19H23N3O2/c1-12(2)22-16-10-14(7-8-15(16)19(3,4)18(22)24)21-17(23)13-6-5-9-20-11-13/h5-7,9-12,15H,8H2,1-4H3,(H,21,23). The van der Waals surface area contributed by atoms with Crippen LogP contribution in [-0.2, 0) is 4.79 Å². The second-order valence-electron chi connectivity index (χ2n) is 7.20. The molecule has 0 spiro atoms. The summed E-state index contributed by atoms with van der Waals surface area (Å²) in [5, 5.41) is 2.92. The number of carbonyl (C=O) groups excluding carboxylic acids is 2. The average molecular weight is 325 g/mol. The van der Waals surface area contributed by atoms with Crippen LogP contribution in [0.4, 0.5) is 0 Å². The lowest BCUT2D eigenvalue weighted by Gasteiger charge is -2.27. The molecular weight excluding hydrogens is 302 g/mol. The average Bonchev–Trinajstić information content (AvgIpc) is 2.74. The van der Waals surface area contributed by atoms with Crippen LogP contribution in [0.25, 0.3) is 0 Å². The molecule has 0 bridgehead atoms. The molecule has 0 saturated carbocycles. The van der Waals surface area contributed by atoms with Crippen LogP contribution in [-0.4, -0.2) is 27.7 Å². The Balaban J connectivity index is 1.86. The highest BCUT2D eigenvalue weighted by Crippen LogP contribution is 2.48. The van der Waals surface area contributed by atoms with Crippen molar-refractivity contribution in [3.05, 3.63) is 53.6 Å². The SMILES string of the molecule is CC(C)N1C(=O)C(C)(C)C2CC=C(NC(=O)c3cccnc3)C=C21. The smallest absolute Gasteiger partial charge is 0.257 e. The summed E-state index contributed by atoms with van der Waals surface area (Å²) in [6.07, 6.45) is 7.86. The van der Waals surface area contributed by atoms with Crippen LogP contribution in [0.15, 0.2) is 48.1 Å². The number of nitrogens with one attached hydrogen (secondary N) is 1. The molecule has 3 rings (SSSR count). The number of amides is 2. The molecule has 0 radical (unpaired) electrons. The van der Waals surface area contributed by atoms with E-state index >= 15 is 0 Å². The van der Waals surface area contributed by atoms with Gasteiger partial charge in [0.25, 0.3) is 5.91 Å². The molecule has 0 aromatic carbocycles. The number of allylic oxidation sites excluding steroid dienone is 3. The van der Waals surface area contributed by atoms with E-state index in [0.717, 1.165) is 17.8 Å². The molecule has 2 aliphatic rings. The van der Waals surface area contributed by atoms with E-state index in [2.05, 4.69) is 10.3 Å². The summed E-state index contributed by atoms with van der Waals surface area (Å²) in [7, 11) is 0. The Kier molecular flexibility index (Phi) is 4.03. The summed E-state index contributed by atoms with van der Waals surface area (Å²) in [6.45, 7) is 8.04. The molecule has 5 heteroatoms. The zero-order chi connectivity index (χ0) is 17.5. The summed E-state index contributed by atoms with van der Waals surface area (Å²) in [4.78, 5) is 30.9. The molecule has 1 aliphatic heterocycles. The molecule has 1 aromatic rings. The first-order valence-corrected chi connectivity index (χ1v) is 8.29. The summed E-state index contributed by atoms with van der Waals surface area (Å²) in [5.74, 6) is 0.123. The van der Waals surface area contributed by atoms with Crippen LogP contribution in [0.3, 0.4) is 0 Å². The van der Waals surface area contributed by atoms with Gasteiger partial charge >= 0.3 is 0 Å². The van der Waals surface area contributed by atoms with E-state index in [1.165, 1.54) is 6.20 Å². The molecule has 126 valence electrons. The molecule has 1 N–H and O–H groups in total. The molecule has 1 saturated heterocycles. The van der Waals surface area contributed by atoms with Crippen molar-refractivity contribution in [1.82, 2.24) is 15.2 Å². The van der Waals surface area contributed by atoms with E-state index in [1.807, 2.05) is 44.7 Å². The zero-order valence-corrected chi connectivity index (χ0v) is 14.5. The van der Waals surface area contributed by atoms with Crippen LogP contribution in [0.5, 0.6) is 0 Å². The van der Waals surface area contributed by atoms with Crippen LogP contribution in [0, 0.1) is 11.3 Å². The molecule has 5 nitrogen and oxygen atoms in total. The Morgan fingerprint density at radius 1 is 1.42 bits per heavy atom. The van der Waals surface area contributed by atoms with E-state index in [-0.39, 0.29) is 23.8 Å². The number of pyridine rings is 1. The van der Waals surface area contributed by atoms with Crippen molar-refractivity contribution in [3.63, 3.8) is 0 Å². The van der Waals surface area contributed by atoms with E-state index < -0.39 is 5.41 Å². The number of aromatic nitrogens is 1. The maximum absolute atomic E-state index is 12.8. The first-order valence-electron chi connectivity index (χ1n) is 8.29. The Morgan fingerprint density at radius 2 is 2.17 bits per heavy atom. The van der Waals surface area contributed by atoms with Crippen molar-refractivity contribution in [2.24, 2.45) is 11.3 Å². The second kappa shape index (κ2) is 5.89. The lowest BCUT2D eigenvalue weighted by atomic mass is 9.76. The zero-order valence-electron chi connectivity index (χ0n) is 14.5. The van der Waals surface area contributed by atoms with Gasteiger partial charge in [0.15, 0.2) is 0 Å². The summed E-state index contributed by atoms with van der Waals surface area (Å²) in [6, 6.07) is 3.56. The number of fused-ring (bicyclic) bond motifs is 1. The molecule has 1 atom stereocenters. The Morgan fingerprint density at radius 3 is 2.79 bits per heavy atom. The van der Waals surface area contributed by atoms with Crippen LogP contribution >= 0.6 is 0 Å². The highest BCUT2D eigenvalue weighted by Gasteiger charge is 2.51. The topological polar surface area (TPSA) is 62.3 Å². The van der Waals surface area contributed by atoms with Gasteiger partial charge in [-0.05, 0) is 38.5 Å². The Hall–Kier alpha value is -2.43. The van der Waals surface area contributed by atoms with E-state index in [1.54, 1.807) is 18.3 Å². The van der Waals surface area contributed by atoms with Crippen LogP contribution < -0.4 is 5.32 Å². The van der Waals surface area contributed by atoms with Gasteiger partial charge in [-0.3, -0.25) is 14.6 Å². The predicted molar refractivity (Wildman–Crippen MR) is 91.7 cm³/mol. The fourth-order valence-electron chi connectivity index (χ4n) is 3.48. The predicted octanol–water partition coefficient (Wildman–Crippen LogP) is 2.88. The molecule has 1 aromatic heterocycles. The minimum absolute atomic E-state index is 0.0985. The number of hydrogen-bond donors (Lipinski definition) is 1. The minimum Gasteiger partial charge on any atom is -0.322 e.